The maximum atomic E-state index is 12.0. The second-order valence-corrected chi connectivity index (χ2v) is 7.89. The Balaban J connectivity index is 2.01. The molecule has 1 aliphatic carbocycles. The molecule has 0 saturated heterocycles. The number of sulfonamides is 1. The van der Waals surface area contributed by atoms with Crippen LogP contribution in [0.3, 0.4) is 0 Å². The molecule has 2 rings (SSSR count). The highest BCUT2D eigenvalue weighted by Gasteiger charge is 2.26. The Morgan fingerprint density at radius 2 is 1.94 bits per heavy atom. The third kappa shape index (κ3) is 3.47. The van der Waals surface area contributed by atoms with E-state index in [1.807, 2.05) is 0 Å². The standard InChI is InChI=1S/C12H15BrClNO2S/c13-12-3-1-2-9(12)8-15-18(16,17)11-6-4-10(14)5-7-11/h4-7,9,12,15H,1-3,8H2. The van der Waals surface area contributed by atoms with Gasteiger partial charge in [-0.15, -0.1) is 0 Å². The second kappa shape index (κ2) is 5.90. The van der Waals surface area contributed by atoms with Crippen molar-refractivity contribution in [2.24, 2.45) is 5.92 Å². The lowest BCUT2D eigenvalue weighted by Gasteiger charge is -2.14. The summed E-state index contributed by atoms with van der Waals surface area (Å²) in [4.78, 5) is 0.682. The minimum absolute atomic E-state index is 0.260. The van der Waals surface area contributed by atoms with Gasteiger partial charge in [-0.05, 0) is 43.0 Å². The summed E-state index contributed by atoms with van der Waals surface area (Å²) >= 11 is 9.33. The summed E-state index contributed by atoms with van der Waals surface area (Å²) in [6.07, 6.45) is 3.34. The lowest BCUT2D eigenvalue weighted by Crippen LogP contribution is -2.31. The van der Waals surface area contributed by atoms with Gasteiger partial charge >= 0.3 is 0 Å². The second-order valence-electron chi connectivity index (χ2n) is 4.51. The minimum Gasteiger partial charge on any atom is -0.211 e. The number of benzene rings is 1. The zero-order valence-electron chi connectivity index (χ0n) is 9.77. The molecule has 0 heterocycles. The van der Waals surface area contributed by atoms with Gasteiger partial charge in [0.2, 0.25) is 10.0 Å². The SMILES string of the molecule is O=S(=O)(NCC1CCCC1Br)c1ccc(Cl)cc1. The van der Waals surface area contributed by atoms with Gasteiger partial charge in [-0.25, -0.2) is 13.1 Å². The van der Waals surface area contributed by atoms with Crippen LogP contribution in [0.4, 0.5) is 0 Å². The van der Waals surface area contributed by atoms with E-state index < -0.39 is 10.0 Å². The van der Waals surface area contributed by atoms with Crippen molar-refractivity contribution in [1.82, 2.24) is 4.72 Å². The van der Waals surface area contributed by atoms with Crippen molar-refractivity contribution in [3.8, 4) is 0 Å². The maximum Gasteiger partial charge on any atom is 0.240 e. The topological polar surface area (TPSA) is 46.2 Å². The van der Waals surface area contributed by atoms with Crippen LogP contribution in [0.1, 0.15) is 19.3 Å². The summed E-state index contributed by atoms with van der Waals surface area (Å²) in [6, 6.07) is 6.20. The molecular weight excluding hydrogens is 338 g/mol. The van der Waals surface area contributed by atoms with Crippen LogP contribution in [0.25, 0.3) is 0 Å². The first-order valence-electron chi connectivity index (χ1n) is 5.88. The van der Waals surface area contributed by atoms with Crippen molar-refractivity contribution in [3.63, 3.8) is 0 Å². The fourth-order valence-electron chi connectivity index (χ4n) is 2.14. The quantitative estimate of drug-likeness (QED) is 0.846. The van der Waals surface area contributed by atoms with E-state index in [9.17, 15) is 8.42 Å². The summed E-state index contributed by atoms with van der Waals surface area (Å²) in [5, 5.41) is 0.533. The highest BCUT2D eigenvalue weighted by Crippen LogP contribution is 2.31. The van der Waals surface area contributed by atoms with Gasteiger partial charge < -0.3 is 0 Å². The van der Waals surface area contributed by atoms with Crippen LogP contribution in [0.2, 0.25) is 5.02 Å². The Hall–Kier alpha value is -0.100. The number of alkyl halides is 1. The van der Waals surface area contributed by atoms with E-state index in [-0.39, 0.29) is 4.90 Å². The van der Waals surface area contributed by atoms with Crippen LogP contribution >= 0.6 is 27.5 Å². The van der Waals surface area contributed by atoms with Crippen LogP contribution in [-0.2, 0) is 10.0 Å². The Kier molecular flexibility index (Phi) is 4.69. The highest BCUT2D eigenvalue weighted by molar-refractivity contribution is 9.09. The molecule has 1 aliphatic rings. The average Bonchev–Trinajstić information content (AvgIpc) is 2.73. The third-order valence-corrected chi connectivity index (χ3v) is 6.12. The number of hydrogen-bond donors (Lipinski definition) is 1. The van der Waals surface area contributed by atoms with Gasteiger partial charge in [0.05, 0.1) is 4.90 Å². The molecule has 1 fully saturated rings. The lowest BCUT2D eigenvalue weighted by molar-refractivity contribution is 0.529. The highest BCUT2D eigenvalue weighted by atomic mass is 79.9. The van der Waals surface area contributed by atoms with Gasteiger partial charge in [-0.3, -0.25) is 0 Å². The van der Waals surface area contributed by atoms with Crippen molar-refractivity contribution in [2.45, 2.75) is 29.0 Å². The molecule has 2 unspecified atom stereocenters. The number of nitrogens with one attached hydrogen (secondary N) is 1. The molecule has 0 radical (unpaired) electrons. The molecule has 18 heavy (non-hydrogen) atoms. The Morgan fingerprint density at radius 1 is 1.28 bits per heavy atom. The fourth-order valence-corrected chi connectivity index (χ4v) is 4.13. The monoisotopic (exact) mass is 351 g/mol. The Bertz CT molecular complexity index is 503. The summed E-state index contributed by atoms with van der Waals surface area (Å²) in [5.41, 5.74) is 0. The third-order valence-electron chi connectivity index (χ3n) is 3.23. The van der Waals surface area contributed by atoms with Crippen molar-refractivity contribution in [2.75, 3.05) is 6.54 Å². The maximum absolute atomic E-state index is 12.0. The van der Waals surface area contributed by atoms with Gasteiger partial charge in [-0.2, -0.15) is 0 Å². The summed E-state index contributed by atoms with van der Waals surface area (Å²) < 4.78 is 26.7. The first kappa shape index (κ1) is 14.3. The smallest absolute Gasteiger partial charge is 0.211 e. The van der Waals surface area contributed by atoms with Crippen LogP contribution in [0.15, 0.2) is 29.2 Å². The lowest BCUT2D eigenvalue weighted by atomic mass is 10.1. The molecule has 1 saturated carbocycles. The van der Waals surface area contributed by atoms with Crippen LogP contribution in [0, 0.1) is 5.92 Å². The van der Waals surface area contributed by atoms with Crippen molar-refractivity contribution >= 4 is 37.6 Å². The average molecular weight is 353 g/mol. The first-order valence-corrected chi connectivity index (χ1v) is 8.66. The van der Waals surface area contributed by atoms with Gasteiger partial charge in [0.1, 0.15) is 0 Å². The van der Waals surface area contributed by atoms with Crippen molar-refractivity contribution in [3.05, 3.63) is 29.3 Å². The summed E-state index contributed by atoms with van der Waals surface area (Å²) in [7, 11) is -3.42. The molecule has 0 aliphatic heterocycles. The van der Waals surface area contributed by atoms with E-state index >= 15 is 0 Å². The predicted molar refractivity (Wildman–Crippen MR) is 76.7 cm³/mol. The van der Waals surface area contributed by atoms with E-state index in [4.69, 9.17) is 11.6 Å². The molecule has 3 nitrogen and oxygen atoms in total. The summed E-state index contributed by atoms with van der Waals surface area (Å²) in [5.74, 6) is 0.382. The van der Waals surface area contributed by atoms with Gasteiger partial charge in [-0.1, -0.05) is 34.0 Å². The van der Waals surface area contributed by atoms with Crippen LogP contribution < -0.4 is 4.72 Å². The van der Waals surface area contributed by atoms with E-state index in [1.165, 1.54) is 12.1 Å². The zero-order chi connectivity index (χ0) is 13.2. The molecule has 1 N–H and O–H groups in total. The molecule has 0 amide bonds. The number of halogens is 2. The molecule has 6 heteroatoms. The van der Waals surface area contributed by atoms with Crippen LogP contribution in [0.5, 0.6) is 0 Å². The summed E-state index contributed by atoms with van der Waals surface area (Å²) in [6.45, 7) is 0.487. The fraction of sp³-hybridized carbons (Fsp3) is 0.500. The van der Waals surface area contributed by atoms with Crippen molar-refractivity contribution < 1.29 is 8.42 Å². The molecule has 2 atom stereocenters. The molecule has 0 spiro atoms. The van der Waals surface area contributed by atoms with E-state index in [2.05, 4.69) is 20.7 Å². The van der Waals surface area contributed by atoms with E-state index in [1.54, 1.807) is 12.1 Å². The largest absolute Gasteiger partial charge is 0.240 e. The number of hydrogen-bond acceptors (Lipinski definition) is 2. The van der Waals surface area contributed by atoms with Crippen molar-refractivity contribution in [1.29, 1.82) is 0 Å². The van der Waals surface area contributed by atoms with Gasteiger partial charge in [0.25, 0.3) is 0 Å². The molecule has 1 aromatic carbocycles. The van der Waals surface area contributed by atoms with Crippen LogP contribution in [-0.4, -0.2) is 19.8 Å². The van der Waals surface area contributed by atoms with E-state index in [0.29, 0.717) is 22.3 Å². The Morgan fingerprint density at radius 3 is 2.50 bits per heavy atom. The normalized spacial score (nSPS) is 24.3. The minimum atomic E-state index is -3.42. The first-order chi connectivity index (χ1) is 8.49. The molecule has 1 aromatic rings. The molecule has 100 valence electrons. The number of rotatable bonds is 4. The van der Waals surface area contributed by atoms with Gasteiger partial charge in [0, 0.05) is 16.4 Å². The predicted octanol–water partition coefficient (Wildman–Crippen LogP) is 3.18. The van der Waals surface area contributed by atoms with E-state index in [0.717, 1.165) is 19.3 Å². The van der Waals surface area contributed by atoms with Gasteiger partial charge in [0.15, 0.2) is 0 Å². The Labute approximate surface area is 121 Å². The molecule has 0 aromatic heterocycles. The molecule has 0 bridgehead atoms. The zero-order valence-corrected chi connectivity index (χ0v) is 12.9. The molecular formula is C12H15BrClNO2S.